The van der Waals surface area contributed by atoms with Gasteiger partial charge < -0.3 is 13.7 Å². The molecule has 4 heterocycles. The van der Waals surface area contributed by atoms with Gasteiger partial charge in [0.25, 0.3) is 5.69 Å². The number of rotatable bonds is 5. The molecule has 1 aliphatic heterocycles. The van der Waals surface area contributed by atoms with Crippen LogP contribution in [0.4, 0.5) is 5.69 Å². The fraction of sp³-hybridized carbons (Fsp3) is 0.0714. The van der Waals surface area contributed by atoms with E-state index in [4.69, 9.17) is 4.74 Å². The molecule has 0 N–H and O–H groups in total. The van der Waals surface area contributed by atoms with Crippen LogP contribution in [-0.2, 0) is 17.4 Å². The summed E-state index contributed by atoms with van der Waals surface area (Å²) in [5, 5.41) is 15.6. The Morgan fingerprint density at radius 3 is 2.27 bits per heavy atom. The van der Waals surface area contributed by atoms with E-state index in [0.29, 0.717) is 11.3 Å². The molecule has 0 saturated carbocycles. The van der Waals surface area contributed by atoms with Crippen molar-refractivity contribution in [3.05, 3.63) is 178 Å². The van der Waals surface area contributed by atoms with Gasteiger partial charge >= 0.3 is 5.97 Å². The molecule has 0 spiro atoms. The minimum absolute atomic E-state index is 0.0336. The smallest absolute Gasteiger partial charge is 0.347 e. The van der Waals surface area contributed by atoms with Crippen molar-refractivity contribution in [2.75, 3.05) is 0 Å². The van der Waals surface area contributed by atoms with Gasteiger partial charge in [-0.1, -0.05) is 103 Å². The molecule has 9 rings (SSSR count). The van der Waals surface area contributed by atoms with Crippen molar-refractivity contribution in [2.45, 2.75) is 12.5 Å². The first-order chi connectivity index (χ1) is 23.9. The molecule has 3 aromatic heterocycles. The maximum absolute atomic E-state index is 14.2. The number of carbonyl (C=O) groups is 1. The Morgan fingerprint density at radius 1 is 0.735 bits per heavy atom. The SMILES string of the molecule is Cc1c(-c2cc(C3(c4c(-c5ccccc5)n(C)c5ccccc45)OC(=O)c4c([N+](=O)[O-])cccc43)n3ccccc23)ccc2ccccc12. The minimum atomic E-state index is -1.56. The van der Waals surface area contributed by atoms with Crippen LogP contribution in [0.5, 0.6) is 0 Å². The summed E-state index contributed by atoms with van der Waals surface area (Å²) in [6.07, 6.45) is 1.98. The summed E-state index contributed by atoms with van der Waals surface area (Å²) in [6, 6.07) is 43.6. The normalized spacial score (nSPS) is 15.6. The van der Waals surface area contributed by atoms with Crippen LogP contribution in [0.2, 0.25) is 0 Å². The van der Waals surface area contributed by atoms with Crippen LogP contribution in [0.3, 0.4) is 0 Å². The van der Waals surface area contributed by atoms with E-state index in [1.807, 2.05) is 92.1 Å². The summed E-state index contributed by atoms with van der Waals surface area (Å²) in [4.78, 5) is 26.1. The lowest BCUT2D eigenvalue weighted by atomic mass is 9.79. The number of nitro groups is 1. The summed E-state index contributed by atoms with van der Waals surface area (Å²) >= 11 is 0. The van der Waals surface area contributed by atoms with Crippen LogP contribution in [0.1, 0.15) is 32.7 Å². The number of hydrogen-bond acceptors (Lipinski definition) is 4. The van der Waals surface area contributed by atoms with Crippen molar-refractivity contribution in [1.82, 2.24) is 8.97 Å². The number of aryl methyl sites for hydroxylation is 2. The summed E-state index contributed by atoms with van der Waals surface area (Å²) in [7, 11) is 2.01. The van der Waals surface area contributed by atoms with E-state index in [-0.39, 0.29) is 11.3 Å². The molecule has 0 bridgehead atoms. The van der Waals surface area contributed by atoms with Crippen molar-refractivity contribution in [2.24, 2.45) is 7.05 Å². The van der Waals surface area contributed by atoms with Gasteiger partial charge in [-0.15, -0.1) is 0 Å². The second kappa shape index (κ2) is 10.5. The minimum Gasteiger partial charge on any atom is -0.439 e. The molecule has 0 radical (unpaired) electrons. The second-order valence-corrected chi connectivity index (χ2v) is 12.6. The van der Waals surface area contributed by atoms with Crippen molar-refractivity contribution in [3.8, 4) is 22.4 Å². The zero-order chi connectivity index (χ0) is 33.4. The Balaban J connectivity index is 1.47. The van der Waals surface area contributed by atoms with Gasteiger partial charge in [-0.05, 0) is 58.7 Å². The Hall–Kier alpha value is -6.47. The quantitative estimate of drug-likeness (QED) is 0.107. The number of para-hydroxylation sites is 1. The number of hydrogen-bond donors (Lipinski definition) is 0. The van der Waals surface area contributed by atoms with Crippen LogP contribution in [0.15, 0.2) is 140 Å². The average molecular weight is 640 g/mol. The molecular formula is C42H29N3O4. The predicted octanol–water partition coefficient (Wildman–Crippen LogP) is 9.60. The largest absolute Gasteiger partial charge is 0.439 e. The standard InChI is InChI=1S/C42H29N3O4/c1-26-29-16-7-6-13-27(29)22-23-30(26)32-25-37(44-24-11-10-20-35(32)44)42(33-18-12-21-36(45(47)48)38(33)41(46)49-42)39-31-17-8-9-19-34(31)43(2)40(39)28-14-4-3-5-15-28/h3-25H,1-2H3. The number of nitrogens with zero attached hydrogens (tertiary/aromatic N) is 3. The van der Waals surface area contributed by atoms with Gasteiger partial charge in [-0.25, -0.2) is 4.79 Å². The third-order valence-electron chi connectivity index (χ3n) is 10.1. The summed E-state index contributed by atoms with van der Waals surface area (Å²) in [5.41, 5.74) is 6.77. The van der Waals surface area contributed by atoms with E-state index < -0.39 is 16.5 Å². The first kappa shape index (κ1) is 28.7. The fourth-order valence-corrected chi connectivity index (χ4v) is 7.99. The molecule has 5 aromatic carbocycles. The molecule has 1 aliphatic rings. The van der Waals surface area contributed by atoms with E-state index in [1.165, 1.54) is 6.07 Å². The van der Waals surface area contributed by atoms with E-state index in [1.54, 1.807) is 12.1 Å². The number of benzene rings is 5. The van der Waals surface area contributed by atoms with Crippen LogP contribution >= 0.6 is 0 Å². The highest BCUT2D eigenvalue weighted by molar-refractivity contribution is 6.04. The van der Waals surface area contributed by atoms with Gasteiger partial charge in [-0.2, -0.15) is 0 Å². The van der Waals surface area contributed by atoms with E-state index in [2.05, 4.69) is 52.3 Å². The number of pyridine rings is 1. The highest BCUT2D eigenvalue weighted by atomic mass is 16.6. The first-order valence-electron chi connectivity index (χ1n) is 16.1. The molecule has 0 aliphatic carbocycles. The van der Waals surface area contributed by atoms with Crippen molar-refractivity contribution >= 4 is 38.8 Å². The monoisotopic (exact) mass is 639 g/mol. The van der Waals surface area contributed by atoms with Gasteiger partial charge in [0.15, 0.2) is 0 Å². The van der Waals surface area contributed by atoms with Crippen LogP contribution in [-0.4, -0.2) is 19.9 Å². The number of aromatic nitrogens is 2. The maximum Gasteiger partial charge on any atom is 0.347 e. The number of esters is 1. The predicted molar refractivity (Wildman–Crippen MR) is 192 cm³/mol. The van der Waals surface area contributed by atoms with Gasteiger partial charge in [-0.3, -0.25) is 10.1 Å². The van der Waals surface area contributed by atoms with Gasteiger partial charge in [0.1, 0.15) is 5.56 Å². The summed E-state index contributed by atoms with van der Waals surface area (Å²) < 4.78 is 10.9. The van der Waals surface area contributed by atoms with E-state index in [0.717, 1.165) is 60.7 Å². The van der Waals surface area contributed by atoms with Crippen molar-refractivity contribution in [1.29, 1.82) is 0 Å². The molecule has 7 nitrogen and oxygen atoms in total. The van der Waals surface area contributed by atoms with E-state index >= 15 is 0 Å². The lowest BCUT2D eigenvalue weighted by molar-refractivity contribution is -0.385. The fourth-order valence-electron chi connectivity index (χ4n) is 7.99. The summed E-state index contributed by atoms with van der Waals surface area (Å²) in [6.45, 7) is 2.13. The number of nitro benzene ring substituents is 1. The molecule has 0 saturated heterocycles. The summed E-state index contributed by atoms with van der Waals surface area (Å²) in [5.74, 6) is -0.733. The molecule has 7 heteroatoms. The highest BCUT2D eigenvalue weighted by Gasteiger charge is 2.55. The van der Waals surface area contributed by atoms with Gasteiger partial charge in [0, 0.05) is 46.9 Å². The van der Waals surface area contributed by atoms with Gasteiger partial charge in [0.05, 0.1) is 21.8 Å². The maximum atomic E-state index is 14.2. The average Bonchev–Trinajstić information content (AvgIpc) is 3.77. The van der Waals surface area contributed by atoms with Crippen LogP contribution < -0.4 is 0 Å². The highest BCUT2D eigenvalue weighted by Crippen LogP contribution is 2.55. The molecule has 0 amide bonds. The third kappa shape index (κ3) is 3.93. The number of fused-ring (bicyclic) bond motifs is 4. The zero-order valence-corrected chi connectivity index (χ0v) is 26.8. The molecule has 1 atom stereocenters. The Kier molecular flexibility index (Phi) is 6.17. The zero-order valence-electron chi connectivity index (χ0n) is 26.8. The van der Waals surface area contributed by atoms with Crippen molar-refractivity contribution in [3.63, 3.8) is 0 Å². The molecular weight excluding hydrogens is 610 g/mol. The number of cyclic esters (lactones) is 1. The molecule has 0 fully saturated rings. The van der Waals surface area contributed by atoms with Crippen LogP contribution in [0, 0.1) is 17.0 Å². The number of carbonyl (C=O) groups excluding carboxylic acids is 1. The lowest BCUT2D eigenvalue weighted by Gasteiger charge is -2.31. The molecule has 1 unspecified atom stereocenters. The topological polar surface area (TPSA) is 78.8 Å². The van der Waals surface area contributed by atoms with Crippen LogP contribution in [0.25, 0.3) is 49.6 Å². The Bertz CT molecular complexity index is 2670. The van der Waals surface area contributed by atoms with E-state index in [9.17, 15) is 14.9 Å². The number of ether oxygens (including phenoxy) is 1. The van der Waals surface area contributed by atoms with Crippen molar-refractivity contribution < 1.29 is 14.5 Å². The molecule has 236 valence electrons. The lowest BCUT2D eigenvalue weighted by Crippen LogP contribution is -2.31. The third-order valence-corrected chi connectivity index (χ3v) is 10.1. The van der Waals surface area contributed by atoms with Gasteiger partial charge in [0.2, 0.25) is 5.60 Å². The second-order valence-electron chi connectivity index (χ2n) is 12.6. The Labute approximate surface area is 281 Å². The first-order valence-corrected chi connectivity index (χ1v) is 16.1. The Morgan fingerprint density at radius 2 is 1.45 bits per heavy atom. The molecule has 8 aromatic rings. The molecule has 49 heavy (non-hydrogen) atoms.